The summed E-state index contributed by atoms with van der Waals surface area (Å²) in [5.74, 6) is 0.440. The summed E-state index contributed by atoms with van der Waals surface area (Å²) < 4.78 is 22.3. The number of anilines is 3. The third-order valence-electron chi connectivity index (χ3n) is 8.73. The summed E-state index contributed by atoms with van der Waals surface area (Å²) in [5.41, 5.74) is 3.75. The smallest absolute Gasteiger partial charge is 0.331 e. The number of halogens is 2. The summed E-state index contributed by atoms with van der Waals surface area (Å²) >= 11 is 14.3. The maximum Gasteiger partial charge on any atom is 0.331 e. The van der Waals surface area contributed by atoms with Crippen molar-refractivity contribution < 1.29 is 19.0 Å². The minimum Gasteiger partial charge on any atom is -0.491 e. The van der Waals surface area contributed by atoms with Gasteiger partial charge in [0.2, 0.25) is 5.79 Å². The zero-order chi connectivity index (χ0) is 35.6. The summed E-state index contributed by atoms with van der Waals surface area (Å²) in [6.07, 6.45) is 2.74. The maximum atomic E-state index is 12.7. The number of carbonyl (C=O) groups is 1. The quantitative estimate of drug-likeness (QED) is 0.105. The van der Waals surface area contributed by atoms with Gasteiger partial charge in [0, 0.05) is 72.7 Å². The van der Waals surface area contributed by atoms with Crippen LogP contribution >= 0.6 is 35.1 Å². The van der Waals surface area contributed by atoms with Crippen LogP contribution in [0.1, 0.15) is 19.4 Å². The first-order chi connectivity index (χ1) is 24.9. The Bertz CT molecular complexity index is 1690. The molecule has 15 heteroatoms. The minimum atomic E-state index is -1.16. The van der Waals surface area contributed by atoms with Crippen molar-refractivity contribution in [2.24, 2.45) is 0 Å². The Morgan fingerprint density at radius 1 is 1.02 bits per heavy atom. The molecule has 12 nitrogen and oxygen atoms in total. The number of amides is 2. The van der Waals surface area contributed by atoms with Crippen molar-refractivity contribution in [1.29, 1.82) is 0 Å². The molecule has 2 fully saturated rings. The van der Waals surface area contributed by atoms with Gasteiger partial charge < -0.3 is 34.6 Å². The predicted molar refractivity (Wildman–Crippen MR) is 204 cm³/mol. The molecule has 2 atom stereocenters. The summed E-state index contributed by atoms with van der Waals surface area (Å²) in [7, 11) is 0. The zero-order valence-corrected chi connectivity index (χ0v) is 31.2. The van der Waals surface area contributed by atoms with Crippen LogP contribution < -0.4 is 25.2 Å². The Morgan fingerprint density at radius 2 is 1.73 bits per heavy atom. The maximum absolute atomic E-state index is 12.7. The van der Waals surface area contributed by atoms with Crippen molar-refractivity contribution in [3.63, 3.8) is 0 Å². The Labute approximate surface area is 313 Å². The van der Waals surface area contributed by atoms with Crippen LogP contribution in [0.2, 0.25) is 10.0 Å². The number of piperazine rings is 1. The Balaban J connectivity index is 0.969. The lowest BCUT2D eigenvalue weighted by Crippen LogP contribution is -2.46. The molecule has 0 aliphatic carbocycles. The van der Waals surface area contributed by atoms with Gasteiger partial charge in [-0.05, 0) is 86.1 Å². The van der Waals surface area contributed by atoms with E-state index in [-0.39, 0.29) is 18.7 Å². The van der Waals surface area contributed by atoms with E-state index in [1.54, 1.807) is 27.4 Å². The largest absolute Gasteiger partial charge is 0.491 e. The van der Waals surface area contributed by atoms with Gasteiger partial charge >= 0.3 is 6.03 Å². The van der Waals surface area contributed by atoms with Gasteiger partial charge in [-0.15, -0.1) is 0 Å². The SMILES string of the molecule is CCNCCSN(CC)C(=O)Nc1ccc(N2CCN(c3ccc(OCC4COC(Cn5cncn5)(c5ccc(Cl)cc5Cl)O4)cc3)CC2)cc1. The van der Waals surface area contributed by atoms with E-state index < -0.39 is 5.79 Å². The van der Waals surface area contributed by atoms with Crippen LogP contribution in [0.4, 0.5) is 21.9 Å². The van der Waals surface area contributed by atoms with Crippen LogP contribution in [0.3, 0.4) is 0 Å². The van der Waals surface area contributed by atoms with Crippen molar-refractivity contribution in [1.82, 2.24) is 24.4 Å². The average Bonchev–Trinajstić information content (AvgIpc) is 3.82. The molecular weight excluding hydrogens is 711 g/mol. The second-order valence-corrected chi connectivity index (χ2v) is 14.1. The lowest BCUT2D eigenvalue weighted by atomic mass is 10.1. The Kier molecular flexibility index (Phi) is 12.8. The normalized spacial score (nSPS) is 18.9. The van der Waals surface area contributed by atoms with Crippen molar-refractivity contribution in [2.75, 3.05) is 79.9 Å². The van der Waals surface area contributed by atoms with Crippen LogP contribution in [0.5, 0.6) is 5.75 Å². The number of ether oxygens (including phenoxy) is 3. The van der Waals surface area contributed by atoms with E-state index in [1.165, 1.54) is 18.3 Å². The molecule has 2 aliphatic rings. The van der Waals surface area contributed by atoms with Crippen LogP contribution in [0, 0.1) is 0 Å². The molecule has 2 aliphatic heterocycles. The highest BCUT2D eigenvalue weighted by molar-refractivity contribution is 7.97. The zero-order valence-electron chi connectivity index (χ0n) is 28.8. The summed E-state index contributed by atoms with van der Waals surface area (Å²) in [5, 5.41) is 11.5. The number of carbonyl (C=O) groups excluding carboxylic acids is 1. The van der Waals surface area contributed by atoms with E-state index in [0.29, 0.717) is 35.4 Å². The first-order valence-electron chi connectivity index (χ1n) is 17.2. The fourth-order valence-electron chi connectivity index (χ4n) is 6.09. The van der Waals surface area contributed by atoms with E-state index in [9.17, 15) is 4.79 Å². The molecule has 0 saturated carbocycles. The highest BCUT2D eigenvalue weighted by atomic mass is 35.5. The van der Waals surface area contributed by atoms with Crippen molar-refractivity contribution in [2.45, 2.75) is 32.3 Å². The molecule has 272 valence electrons. The molecule has 2 N–H and O–H groups in total. The minimum absolute atomic E-state index is 0.0985. The number of urea groups is 1. The number of nitrogens with zero attached hydrogens (tertiary/aromatic N) is 6. The van der Waals surface area contributed by atoms with Gasteiger partial charge in [0.25, 0.3) is 0 Å². The molecule has 2 amide bonds. The lowest BCUT2D eigenvalue weighted by Gasteiger charge is -2.37. The number of benzene rings is 3. The molecule has 2 unspecified atom stereocenters. The van der Waals surface area contributed by atoms with Gasteiger partial charge in [-0.2, -0.15) is 5.10 Å². The number of rotatable bonds is 15. The molecule has 4 aromatic rings. The van der Waals surface area contributed by atoms with Gasteiger partial charge in [0.05, 0.1) is 11.6 Å². The van der Waals surface area contributed by atoms with Crippen molar-refractivity contribution >= 4 is 58.2 Å². The summed E-state index contributed by atoms with van der Waals surface area (Å²) in [6.45, 7) is 11.0. The van der Waals surface area contributed by atoms with Crippen LogP contribution in [-0.4, -0.2) is 96.0 Å². The topological polar surface area (TPSA) is 109 Å². The first kappa shape index (κ1) is 37.1. The van der Waals surface area contributed by atoms with Crippen LogP contribution in [0.25, 0.3) is 0 Å². The number of aromatic nitrogens is 3. The van der Waals surface area contributed by atoms with Gasteiger partial charge in [-0.3, -0.25) is 4.31 Å². The second kappa shape index (κ2) is 17.7. The third kappa shape index (κ3) is 9.59. The average molecular weight is 756 g/mol. The van der Waals surface area contributed by atoms with E-state index in [0.717, 1.165) is 67.8 Å². The Morgan fingerprint density at radius 3 is 2.35 bits per heavy atom. The van der Waals surface area contributed by atoms with E-state index in [1.807, 2.05) is 37.3 Å². The molecule has 1 aromatic heterocycles. The number of nitrogens with one attached hydrogen (secondary N) is 2. The van der Waals surface area contributed by atoms with E-state index >= 15 is 0 Å². The van der Waals surface area contributed by atoms with Crippen molar-refractivity contribution in [3.05, 3.63) is 95.0 Å². The molecule has 0 bridgehead atoms. The van der Waals surface area contributed by atoms with E-state index in [4.69, 9.17) is 37.4 Å². The van der Waals surface area contributed by atoms with Gasteiger partial charge in [0.1, 0.15) is 37.7 Å². The predicted octanol–water partition coefficient (Wildman–Crippen LogP) is 6.37. The second-order valence-electron chi connectivity index (χ2n) is 12.2. The monoisotopic (exact) mass is 754 g/mol. The summed E-state index contributed by atoms with van der Waals surface area (Å²) in [4.78, 5) is 21.5. The van der Waals surface area contributed by atoms with Gasteiger partial charge in [0.15, 0.2) is 0 Å². The molecular formula is C36H44Cl2N8O4S. The Hall–Kier alpha value is -3.72. The van der Waals surface area contributed by atoms with Crippen LogP contribution in [-0.2, 0) is 21.8 Å². The fourth-order valence-corrected chi connectivity index (χ4v) is 7.44. The lowest BCUT2D eigenvalue weighted by molar-refractivity contribution is -0.190. The van der Waals surface area contributed by atoms with E-state index in [2.05, 4.69) is 61.7 Å². The molecule has 2 saturated heterocycles. The van der Waals surface area contributed by atoms with Crippen LogP contribution in [0.15, 0.2) is 79.4 Å². The molecule has 3 aromatic carbocycles. The summed E-state index contributed by atoms with van der Waals surface area (Å²) in [6, 6.07) is 21.4. The highest BCUT2D eigenvalue weighted by Crippen LogP contribution is 2.40. The number of hydrogen-bond acceptors (Lipinski definition) is 10. The van der Waals surface area contributed by atoms with Gasteiger partial charge in [-0.25, -0.2) is 14.5 Å². The molecule has 0 spiro atoms. The molecule has 6 rings (SSSR count). The third-order valence-corrected chi connectivity index (χ3v) is 10.4. The molecule has 0 radical (unpaired) electrons. The standard InChI is InChI=1S/C36H44Cl2N8O4S/c1-3-39-15-20-51-46(4-2)35(47)42-28-6-8-29(9-7-28)43-16-18-44(19-17-43)30-10-12-31(13-11-30)48-22-32-23-49-36(50-32,24-45-26-40-25-41-45)33-14-5-27(37)21-34(33)38/h5-14,21,25-26,32,39H,3-4,15-20,22-24H2,1-2H3,(H,42,47). The molecule has 3 heterocycles. The highest BCUT2D eigenvalue weighted by Gasteiger charge is 2.45. The first-order valence-corrected chi connectivity index (χ1v) is 18.9. The molecule has 51 heavy (non-hydrogen) atoms. The van der Waals surface area contributed by atoms with Gasteiger partial charge in [-0.1, -0.05) is 36.2 Å². The van der Waals surface area contributed by atoms with Crippen molar-refractivity contribution in [3.8, 4) is 5.75 Å². The number of hydrogen-bond donors (Lipinski definition) is 2. The fraction of sp³-hybridized carbons (Fsp3) is 0.417.